The first-order valence-electron chi connectivity index (χ1n) is 7.54. The molecular weight excluding hydrogens is 318 g/mol. The lowest BCUT2D eigenvalue weighted by atomic mass is 10.2. The average Bonchev–Trinajstić information content (AvgIpc) is 2.92. The molecule has 0 aliphatic carbocycles. The number of allylic oxidation sites excluding steroid dienone is 2. The second-order valence-corrected chi connectivity index (χ2v) is 6.30. The first-order chi connectivity index (χ1) is 11.5. The lowest BCUT2D eigenvalue weighted by Crippen LogP contribution is -2.10. The molecule has 0 spiro atoms. The number of carbonyl (C=O) groups is 1. The minimum Gasteiger partial charge on any atom is -0.497 e. The Morgan fingerprint density at radius 3 is 2.42 bits per heavy atom. The smallest absolute Gasteiger partial charge is 0.180 e. The monoisotopic (exact) mass is 339 g/mol. The summed E-state index contributed by atoms with van der Waals surface area (Å²) in [4.78, 5) is 14.4. The molecule has 0 saturated heterocycles. The fraction of sp³-hybridized carbons (Fsp3) is 0.150. The van der Waals surface area contributed by atoms with Crippen LogP contribution in [0.1, 0.15) is 5.56 Å². The highest BCUT2D eigenvalue weighted by molar-refractivity contribution is 8.03. The molecule has 0 fully saturated rings. The van der Waals surface area contributed by atoms with E-state index in [1.54, 1.807) is 24.9 Å². The van der Waals surface area contributed by atoms with Crippen molar-refractivity contribution in [2.75, 3.05) is 19.1 Å². The van der Waals surface area contributed by atoms with E-state index >= 15 is 0 Å². The third-order valence-electron chi connectivity index (χ3n) is 3.50. The number of methoxy groups -OCH3 is 1. The summed E-state index contributed by atoms with van der Waals surface area (Å²) in [6.07, 6.45) is 2.93. The summed E-state index contributed by atoms with van der Waals surface area (Å²) >= 11 is 1.61. The van der Waals surface area contributed by atoms with Gasteiger partial charge >= 0.3 is 0 Å². The molecule has 0 amide bonds. The van der Waals surface area contributed by atoms with E-state index in [0.717, 1.165) is 16.5 Å². The van der Waals surface area contributed by atoms with Crippen LogP contribution in [0.4, 0.5) is 5.69 Å². The summed E-state index contributed by atoms with van der Waals surface area (Å²) in [7, 11) is 3.63. The van der Waals surface area contributed by atoms with Gasteiger partial charge in [-0.25, -0.2) is 0 Å². The molecule has 2 aromatic rings. The lowest BCUT2D eigenvalue weighted by molar-refractivity contribution is -0.110. The Kier molecular flexibility index (Phi) is 6.27. The van der Waals surface area contributed by atoms with Crippen molar-refractivity contribution in [2.24, 2.45) is 0 Å². The maximum Gasteiger partial charge on any atom is 0.180 e. The molecule has 24 heavy (non-hydrogen) atoms. The van der Waals surface area contributed by atoms with Crippen LogP contribution in [0, 0.1) is 6.92 Å². The van der Waals surface area contributed by atoms with Gasteiger partial charge in [0.05, 0.1) is 17.8 Å². The molecule has 0 aromatic heterocycles. The molecule has 3 rings (SSSR count). The van der Waals surface area contributed by atoms with Crippen LogP contribution in [0.3, 0.4) is 0 Å². The van der Waals surface area contributed by atoms with E-state index in [9.17, 15) is 4.79 Å². The van der Waals surface area contributed by atoms with Crippen LogP contribution in [0.15, 0.2) is 77.2 Å². The van der Waals surface area contributed by atoms with Crippen molar-refractivity contribution in [3.63, 3.8) is 0 Å². The number of carbonyl (C=O) groups excluding carboxylic acids is 1. The number of aryl methyl sites for hydroxylation is 1. The van der Waals surface area contributed by atoms with Crippen molar-refractivity contribution in [3.05, 3.63) is 77.9 Å². The number of hydrogen-bond donors (Lipinski definition) is 0. The summed E-state index contributed by atoms with van der Waals surface area (Å²) in [5.41, 5.74) is 2.40. The molecule has 2 aromatic carbocycles. The molecule has 1 heterocycles. The SMILES string of the molecule is C=CC(=O)/C=C1\Sc2ccccc2N1C.COc1ccc(C)cc1. The Labute approximate surface area is 147 Å². The number of anilines is 1. The summed E-state index contributed by atoms with van der Waals surface area (Å²) in [6, 6.07) is 16.0. The Morgan fingerprint density at radius 1 is 1.17 bits per heavy atom. The molecule has 1 aliphatic heterocycles. The first-order valence-corrected chi connectivity index (χ1v) is 8.36. The van der Waals surface area contributed by atoms with Gasteiger partial charge in [-0.3, -0.25) is 4.79 Å². The van der Waals surface area contributed by atoms with Crippen molar-refractivity contribution in [1.29, 1.82) is 0 Å². The first kappa shape index (κ1) is 17.9. The highest BCUT2D eigenvalue weighted by Crippen LogP contribution is 2.44. The van der Waals surface area contributed by atoms with Crippen LogP contribution in [0.5, 0.6) is 5.75 Å². The van der Waals surface area contributed by atoms with Gasteiger partial charge in [-0.2, -0.15) is 0 Å². The van der Waals surface area contributed by atoms with E-state index < -0.39 is 0 Å². The zero-order chi connectivity index (χ0) is 17.5. The van der Waals surface area contributed by atoms with E-state index in [4.69, 9.17) is 4.74 Å². The minimum absolute atomic E-state index is 0.0582. The largest absolute Gasteiger partial charge is 0.497 e. The Morgan fingerprint density at radius 2 is 1.83 bits per heavy atom. The molecule has 4 heteroatoms. The number of ketones is 1. The summed E-state index contributed by atoms with van der Waals surface area (Å²) in [5.74, 6) is 0.859. The molecule has 3 nitrogen and oxygen atoms in total. The van der Waals surface area contributed by atoms with E-state index in [0.29, 0.717) is 0 Å². The number of nitrogens with zero attached hydrogens (tertiary/aromatic N) is 1. The second kappa shape index (κ2) is 8.41. The summed E-state index contributed by atoms with van der Waals surface area (Å²) < 4.78 is 4.97. The summed E-state index contributed by atoms with van der Waals surface area (Å²) in [6.45, 7) is 5.51. The maximum atomic E-state index is 11.2. The molecule has 124 valence electrons. The minimum atomic E-state index is -0.0582. The average molecular weight is 339 g/mol. The molecule has 0 bridgehead atoms. The van der Waals surface area contributed by atoms with E-state index in [1.165, 1.54) is 16.5 Å². The maximum absolute atomic E-state index is 11.2. The Balaban J connectivity index is 0.000000198. The van der Waals surface area contributed by atoms with Gasteiger partial charge in [-0.05, 0) is 37.3 Å². The fourth-order valence-corrected chi connectivity index (χ4v) is 3.19. The van der Waals surface area contributed by atoms with Crippen LogP contribution < -0.4 is 9.64 Å². The zero-order valence-corrected chi connectivity index (χ0v) is 15.0. The number of para-hydroxylation sites is 1. The Bertz CT molecular complexity index is 750. The van der Waals surface area contributed by atoms with Crippen LogP contribution >= 0.6 is 11.8 Å². The molecule has 0 atom stereocenters. The van der Waals surface area contributed by atoms with Gasteiger partial charge < -0.3 is 9.64 Å². The molecule has 0 N–H and O–H groups in total. The van der Waals surface area contributed by atoms with Gasteiger partial charge in [0.2, 0.25) is 0 Å². The third kappa shape index (κ3) is 4.52. The van der Waals surface area contributed by atoms with Gasteiger partial charge in [0.1, 0.15) is 5.75 Å². The van der Waals surface area contributed by atoms with Gasteiger partial charge in [0.15, 0.2) is 5.78 Å². The molecule has 1 aliphatic rings. The van der Waals surface area contributed by atoms with E-state index in [-0.39, 0.29) is 5.78 Å². The predicted octanol–water partition coefficient (Wildman–Crippen LogP) is 4.83. The van der Waals surface area contributed by atoms with Crippen LogP contribution in [-0.4, -0.2) is 19.9 Å². The zero-order valence-electron chi connectivity index (χ0n) is 14.2. The van der Waals surface area contributed by atoms with Crippen LogP contribution in [0.2, 0.25) is 0 Å². The lowest BCUT2D eigenvalue weighted by Gasteiger charge is -2.12. The summed E-state index contributed by atoms with van der Waals surface area (Å²) in [5, 5.41) is 0.945. The molecule has 0 unspecified atom stereocenters. The highest BCUT2D eigenvalue weighted by Gasteiger charge is 2.21. The highest BCUT2D eigenvalue weighted by atomic mass is 32.2. The Hall–Kier alpha value is -2.46. The standard InChI is InChI=1S/C12H11NOS.C8H10O/c1-3-9(14)8-12-13(2)10-6-4-5-7-11(10)15-12;1-7-3-5-8(9-2)6-4-7/h3-8H,1H2,2H3;3-6H,1-2H3/b12-8-;. The molecule has 0 saturated carbocycles. The van der Waals surface area contributed by atoms with Crippen LogP contribution in [-0.2, 0) is 4.79 Å². The van der Waals surface area contributed by atoms with Crippen molar-refractivity contribution in [2.45, 2.75) is 11.8 Å². The quantitative estimate of drug-likeness (QED) is 0.749. The van der Waals surface area contributed by atoms with Crippen molar-refractivity contribution < 1.29 is 9.53 Å². The van der Waals surface area contributed by atoms with Crippen LogP contribution in [0.25, 0.3) is 0 Å². The second-order valence-electron chi connectivity index (χ2n) is 5.24. The van der Waals surface area contributed by atoms with E-state index in [2.05, 4.69) is 19.6 Å². The van der Waals surface area contributed by atoms with Crippen molar-refractivity contribution in [3.8, 4) is 5.75 Å². The van der Waals surface area contributed by atoms with E-state index in [1.807, 2.05) is 54.4 Å². The normalized spacial score (nSPS) is 13.8. The number of ether oxygens (including phenoxy) is 1. The van der Waals surface area contributed by atoms with Crippen molar-refractivity contribution in [1.82, 2.24) is 0 Å². The number of hydrogen-bond acceptors (Lipinski definition) is 4. The van der Waals surface area contributed by atoms with Gasteiger partial charge in [-0.1, -0.05) is 48.2 Å². The molecule has 0 radical (unpaired) electrons. The number of fused-ring (bicyclic) bond motifs is 1. The molecular formula is C20H21NO2S. The fourth-order valence-electron chi connectivity index (χ4n) is 2.10. The predicted molar refractivity (Wildman–Crippen MR) is 102 cm³/mol. The topological polar surface area (TPSA) is 29.5 Å². The number of rotatable bonds is 3. The van der Waals surface area contributed by atoms with Crippen molar-refractivity contribution >= 4 is 23.2 Å². The van der Waals surface area contributed by atoms with Gasteiger partial charge in [-0.15, -0.1) is 0 Å². The van der Waals surface area contributed by atoms with Gasteiger partial charge in [0, 0.05) is 18.0 Å². The number of thioether (sulfide) groups is 1. The third-order valence-corrected chi connectivity index (χ3v) is 4.66. The van der Waals surface area contributed by atoms with Gasteiger partial charge in [0.25, 0.3) is 0 Å². The number of benzene rings is 2.